The molecule has 0 aromatic carbocycles. The molecule has 0 radical (unpaired) electrons. The first-order valence-corrected chi connectivity index (χ1v) is 8.52. The summed E-state index contributed by atoms with van der Waals surface area (Å²) in [6.07, 6.45) is 4.22. The van der Waals surface area contributed by atoms with E-state index < -0.39 is 12.5 Å². The third-order valence-corrected chi connectivity index (χ3v) is 4.06. The Bertz CT molecular complexity index is 1030. The van der Waals surface area contributed by atoms with E-state index in [0.717, 1.165) is 11.6 Å². The Kier molecular flexibility index (Phi) is 5.32. The van der Waals surface area contributed by atoms with Crippen molar-refractivity contribution in [1.29, 1.82) is 0 Å². The molecule has 3 heterocycles. The fraction of sp³-hybridized carbons (Fsp3) is 0.294. The van der Waals surface area contributed by atoms with Gasteiger partial charge in [0.15, 0.2) is 11.6 Å². The average Bonchev–Trinajstić information content (AvgIpc) is 3.02. The fourth-order valence-electron chi connectivity index (χ4n) is 2.69. The molecule has 0 fully saturated rings. The highest BCUT2D eigenvalue weighted by Crippen LogP contribution is 2.35. The number of ether oxygens (including phenoxy) is 1. The Morgan fingerprint density at radius 2 is 2.07 bits per heavy atom. The summed E-state index contributed by atoms with van der Waals surface area (Å²) >= 11 is 5.95. The van der Waals surface area contributed by atoms with Crippen LogP contribution in [0, 0.1) is 0 Å². The number of rotatable bonds is 6. The van der Waals surface area contributed by atoms with Crippen LogP contribution in [0.1, 0.15) is 17.3 Å². The summed E-state index contributed by atoms with van der Waals surface area (Å²) in [5.41, 5.74) is 0.906. The highest BCUT2D eigenvalue weighted by atomic mass is 35.5. The lowest BCUT2D eigenvalue weighted by atomic mass is 10.2. The van der Waals surface area contributed by atoms with Crippen LogP contribution in [-0.2, 0) is 6.54 Å². The number of alkyl halides is 2. The monoisotopic (exact) mass is 410 g/mol. The molecule has 28 heavy (non-hydrogen) atoms. The molecule has 11 heteroatoms. The SMILES string of the molecule is CNC(=O)c1cnc(Cl)cc1Nc1ncc2cnn(CC(C)(F)F)c2c1OC. The zero-order valence-corrected chi connectivity index (χ0v) is 16.0. The van der Waals surface area contributed by atoms with Crippen molar-refractivity contribution in [2.45, 2.75) is 19.4 Å². The molecule has 0 saturated carbocycles. The van der Waals surface area contributed by atoms with E-state index in [1.165, 1.54) is 38.8 Å². The minimum atomic E-state index is -2.97. The van der Waals surface area contributed by atoms with Crippen molar-refractivity contribution in [3.63, 3.8) is 0 Å². The molecule has 0 saturated heterocycles. The van der Waals surface area contributed by atoms with E-state index >= 15 is 0 Å². The van der Waals surface area contributed by atoms with E-state index in [1.807, 2.05) is 0 Å². The van der Waals surface area contributed by atoms with Gasteiger partial charge in [0.1, 0.15) is 17.2 Å². The second-order valence-corrected chi connectivity index (χ2v) is 6.46. The standard InChI is InChI=1S/C17H17ClF2N6O2/c1-17(19,20)8-26-13-9(6-24-26)5-23-15(14(13)28-3)25-11-4-12(18)22-7-10(11)16(27)21-2/h4-7H,8H2,1-3H3,(H,21,27)(H,22,23,25). The first-order valence-electron chi connectivity index (χ1n) is 8.14. The zero-order chi connectivity index (χ0) is 20.5. The lowest BCUT2D eigenvalue weighted by Gasteiger charge is -2.16. The lowest BCUT2D eigenvalue weighted by Crippen LogP contribution is -2.20. The van der Waals surface area contributed by atoms with E-state index in [1.54, 1.807) is 0 Å². The number of hydrogen-bond acceptors (Lipinski definition) is 6. The molecule has 0 aliphatic carbocycles. The van der Waals surface area contributed by atoms with E-state index in [2.05, 4.69) is 25.7 Å². The van der Waals surface area contributed by atoms with Crippen LogP contribution in [0.2, 0.25) is 5.15 Å². The molecular weight excluding hydrogens is 394 g/mol. The summed E-state index contributed by atoms with van der Waals surface area (Å²) in [4.78, 5) is 20.3. The van der Waals surface area contributed by atoms with Gasteiger partial charge in [0, 0.05) is 31.8 Å². The zero-order valence-electron chi connectivity index (χ0n) is 15.3. The number of methoxy groups -OCH3 is 1. The summed E-state index contributed by atoms with van der Waals surface area (Å²) in [5.74, 6) is -2.94. The number of hydrogen-bond donors (Lipinski definition) is 2. The molecule has 0 spiro atoms. The van der Waals surface area contributed by atoms with Crippen LogP contribution in [0.25, 0.3) is 10.9 Å². The normalized spacial score (nSPS) is 11.5. The number of pyridine rings is 2. The first kappa shape index (κ1) is 19.7. The molecule has 0 bridgehead atoms. The molecule has 0 unspecified atom stereocenters. The van der Waals surface area contributed by atoms with Crippen LogP contribution < -0.4 is 15.4 Å². The smallest absolute Gasteiger partial charge is 0.264 e. The number of amides is 1. The Morgan fingerprint density at radius 1 is 1.32 bits per heavy atom. The Balaban J connectivity index is 2.11. The number of nitrogens with one attached hydrogen (secondary N) is 2. The summed E-state index contributed by atoms with van der Waals surface area (Å²) in [7, 11) is 2.87. The molecular formula is C17H17ClF2N6O2. The van der Waals surface area contributed by atoms with Crippen molar-refractivity contribution < 1.29 is 18.3 Å². The molecule has 1 amide bonds. The Morgan fingerprint density at radius 3 is 2.71 bits per heavy atom. The van der Waals surface area contributed by atoms with Gasteiger partial charge in [0.25, 0.3) is 11.8 Å². The summed E-state index contributed by atoms with van der Waals surface area (Å²) in [5, 5.41) is 10.2. The summed E-state index contributed by atoms with van der Waals surface area (Å²) in [6, 6.07) is 1.45. The number of halogens is 3. The van der Waals surface area contributed by atoms with Crippen LogP contribution in [0.5, 0.6) is 5.75 Å². The van der Waals surface area contributed by atoms with Crippen LogP contribution in [0.15, 0.2) is 24.7 Å². The van der Waals surface area contributed by atoms with Gasteiger partial charge in [-0.3, -0.25) is 9.48 Å². The third-order valence-electron chi connectivity index (χ3n) is 3.86. The molecule has 0 atom stereocenters. The van der Waals surface area contributed by atoms with Crippen molar-refractivity contribution in [3.8, 4) is 5.75 Å². The molecule has 0 aliphatic rings. The molecule has 0 aliphatic heterocycles. The number of aromatic nitrogens is 4. The Labute approximate surface area is 163 Å². The van der Waals surface area contributed by atoms with Gasteiger partial charge in [-0.2, -0.15) is 5.10 Å². The molecule has 3 aromatic rings. The second kappa shape index (κ2) is 7.55. The third kappa shape index (κ3) is 3.96. The molecule has 2 N–H and O–H groups in total. The van der Waals surface area contributed by atoms with Gasteiger partial charge in [0.2, 0.25) is 0 Å². The maximum Gasteiger partial charge on any atom is 0.264 e. The predicted molar refractivity (Wildman–Crippen MR) is 101 cm³/mol. The largest absolute Gasteiger partial charge is 0.491 e. The summed E-state index contributed by atoms with van der Waals surface area (Å²) in [6.45, 7) is 0.183. The lowest BCUT2D eigenvalue weighted by molar-refractivity contribution is 0.00175. The van der Waals surface area contributed by atoms with Gasteiger partial charge in [-0.25, -0.2) is 18.7 Å². The van der Waals surface area contributed by atoms with Gasteiger partial charge >= 0.3 is 0 Å². The number of carbonyl (C=O) groups is 1. The Hall–Kier alpha value is -3.01. The van der Waals surface area contributed by atoms with Crippen LogP contribution in [-0.4, -0.2) is 45.7 Å². The van der Waals surface area contributed by atoms with Gasteiger partial charge in [-0.15, -0.1) is 0 Å². The molecule has 3 aromatic heterocycles. The highest BCUT2D eigenvalue weighted by Gasteiger charge is 2.25. The maximum absolute atomic E-state index is 13.5. The van der Waals surface area contributed by atoms with Crippen molar-refractivity contribution in [1.82, 2.24) is 25.1 Å². The fourth-order valence-corrected chi connectivity index (χ4v) is 2.85. The number of anilines is 2. The molecule has 148 valence electrons. The van der Waals surface area contributed by atoms with Gasteiger partial charge in [-0.1, -0.05) is 11.6 Å². The highest BCUT2D eigenvalue weighted by molar-refractivity contribution is 6.29. The molecule has 3 rings (SSSR count). The predicted octanol–water partition coefficient (Wildman–Crippen LogP) is 3.25. The number of nitrogens with zero attached hydrogens (tertiary/aromatic N) is 4. The van der Waals surface area contributed by atoms with Gasteiger partial charge in [0.05, 0.1) is 24.6 Å². The van der Waals surface area contributed by atoms with Gasteiger partial charge in [-0.05, 0) is 6.07 Å². The average molecular weight is 411 g/mol. The van der Waals surface area contributed by atoms with Crippen LogP contribution in [0.3, 0.4) is 0 Å². The minimum Gasteiger partial charge on any atom is -0.491 e. The number of fused-ring (bicyclic) bond motifs is 1. The summed E-state index contributed by atoms with van der Waals surface area (Å²) < 4.78 is 33.6. The van der Waals surface area contributed by atoms with Crippen LogP contribution >= 0.6 is 11.6 Å². The van der Waals surface area contributed by atoms with Crippen molar-refractivity contribution in [2.24, 2.45) is 0 Å². The minimum absolute atomic E-state index is 0.158. The topological polar surface area (TPSA) is 94.0 Å². The van der Waals surface area contributed by atoms with E-state index in [9.17, 15) is 13.6 Å². The van der Waals surface area contributed by atoms with Crippen molar-refractivity contribution >= 4 is 39.9 Å². The van der Waals surface area contributed by atoms with E-state index in [-0.39, 0.29) is 28.2 Å². The van der Waals surface area contributed by atoms with E-state index in [0.29, 0.717) is 16.6 Å². The second-order valence-electron chi connectivity index (χ2n) is 6.07. The maximum atomic E-state index is 13.5. The van der Waals surface area contributed by atoms with Crippen molar-refractivity contribution in [2.75, 3.05) is 19.5 Å². The number of carbonyl (C=O) groups excluding carboxylic acids is 1. The van der Waals surface area contributed by atoms with Gasteiger partial charge < -0.3 is 15.4 Å². The van der Waals surface area contributed by atoms with E-state index in [4.69, 9.17) is 16.3 Å². The van der Waals surface area contributed by atoms with Crippen molar-refractivity contribution in [3.05, 3.63) is 35.4 Å². The first-order chi connectivity index (χ1) is 13.2. The van der Waals surface area contributed by atoms with Crippen LogP contribution in [0.4, 0.5) is 20.3 Å². The quantitative estimate of drug-likeness (QED) is 0.606. The molecule has 8 nitrogen and oxygen atoms in total.